The minimum atomic E-state index is -4.81. The number of rotatable bonds is 4. The molecule has 3 aromatic rings. The summed E-state index contributed by atoms with van der Waals surface area (Å²) < 4.78 is 69.6. The zero-order valence-corrected chi connectivity index (χ0v) is 14.1. The van der Waals surface area contributed by atoms with E-state index < -0.39 is 26.8 Å². The monoisotopic (exact) mass is 378 g/mol. The Kier molecular flexibility index (Phi) is 4.73. The van der Waals surface area contributed by atoms with Crippen molar-refractivity contribution in [2.45, 2.75) is 11.1 Å². The van der Waals surface area contributed by atoms with Crippen LogP contribution in [0.5, 0.6) is 5.75 Å². The zero-order chi connectivity index (χ0) is 18.8. The van der Waals surface area contributed by atoms with Crippen LogP contribution in [0, 0.1) is 0 Å². The second kappa shape index (κ2) is 6.84. The van der Waals surface area contributed by atoms with Gasteiger partial charge in [0.05, 0.1) is 5.56 Å². The first kappa shape index (κ1) is 18.0. The molecule has 0 atom stereocenters. The van der Waals surface area contributed by atoms with E-state index in [1.54, 1.807) is 48.5 Å². The fourth-order valence-electron chi connectivity index (χ4n) is 2.48. The highest BCUT2D eigenvalue weighted by molar-refractivity contribution is 7.87. The topological polar surface area (TPSA) is 43.4 Å². The summed E-state index contributed by atoms with van der Waals surface area (Å²) in [4.78, 5) is -0.921. The van der Waals surface area contributed by atoms with Gasteiger partial charge in [-0.1, -0.05) is 60.7 Å². The summed E-state index contributed by atoms with van der Waals surface area (Å²) in [5.41, 5.74) is -0.124. The summed E-state index contributed by atoms with van der Waals surface area (Å²) in [5.74, 6) is -0.0457. The number of hydrogen-bond acceptors (Lipinski definition) is 3. The smallest absolute Gasteiger partial charge is 0.378 e. The third kappa shape index (κ3) is 3.72. The van der Waals surface area contributed by atoms with Gasteiger partial charge >= 0.3 is 16.3 Å². The first-order valence-electron chi connectivity index (χ1n) is 7.54. The number of hydrogen-bond donors (Lipinski definition) is 0. The summed E-state index contributed by atoms with van der Waals surface area (Å²) in [6, 6.07) is 19.0. The Labute approximate surface area is 148 Å². The molecule has 0 saturated heterocycles. The third-order valence-electron chi connectivity index (χ3n) is 3.63. The largest absolute Gasteiger partial charge is 0.417 e. The van der Waals surface area contributed by atoms with Crippen LogP contribution in [-0.4, -0.2) is 8.42 Å². The lowest BCUT2D eigenvalue weighted by molar-refractivity contribution is -0.139. The summed E-state index contributed by atoms with van der Waals surface area (Å²) in [7, 11) is -4.68. The first-order chi connectivity index (χ1) is 12.3. The SMILES string of the molecule is O=S(=O)(Oc1ccccc1-c1ccccc1)c1ccccc1C(F)(F)F. The minimum Gasteiger partial charge on any atom is -0.378 e. The quantitative estimate of drug-likeness (QED) is 0.591. The molecule has 0 radical (unpaired) electrons. The Morgan fingerprint density at radius 1 is 0.731 bits per heavy atom. The molecule has 134 valence electrons. The summed E-state index contributed by atoms with van der Waals surface area (Å²) in [5, 5.41) is 0. The highest BCUT2D eigenvalue weighted by Crippen LogP contribution is 2.36. The van der Waals surface area contributed by atoms with E-state index in [1.165, 1.54) is 12.1 Å². The molecule has 0 aliphatic rings. The predicted molar refractivity (Wildman–Crippen MR) is 91.1 cm³/mol. The van der Waals surface area contributed by atoms with Crippen LogP contribution in [0.3, 0.4) is 0 Å². The van der Waals surface area contributed by atoms with Crippen LogP contribution in [0.4, 0.5) is 13.2 Å². The molecule has 0 aliphatic carbocycles. The first-order valence-corrected chi connectivity index (χ1v) is 8.95. The van der Waals surface area contributed by atoms with Crippen molar-refractivity contribution in [3.05, 3.63) is 84.4 Å². The number of benzene rings is 3. The summed E-state index contributed by atoms with van der Waals surface area (Å²) in [6.07, 6.45) is -4.81. The number of halogens is 3. The zero-order valence-electron chi connectivity index (χ0n) is 13.3. The highest BCUT2D eigenvalue weighted by atomic mass is 32.2. The Morgan fingerprint density at radius 3 is 2.00 bits per heavy atom. The minimum absolute atomic E-state index is 0.0457. The van der Waals surface area contributed by atoms with Crippen LogP contribution in [0.1, 0.15) is 5.56 Å². The van der Waals surface area contributed by atoms with Gasteiger partial charge in [-0.05, 0) is 23.8 Å². The molecule has 0 saturated carbocycles. The lowest BCUT2D eigenvalue weighted by atomic mass is 10.1. The normalized spacial score (nSPS) is 12.0. The van der Waals surface area contributed by atoms with E-state index in [0.29, 0.717) is 17.2 Å². The van der Waals surface area contributed by atoms with Gasteiger partial charge in [0.25, 0.3) is 0 Å². The maximum Gasteiger partial charge on any atom is 0.417 e. The number of para-hydroxylation sites is 1. The molecule has 3 aromatic carbocycles. The molecule has 0 aromatic heterocycles. The van der Waals surface area contributed by atoms with E-state index in [9.17, 15) is 21.6 Å². The second-order valence-corrected chi connectivity index (χ2v) is 6.91. The van der Waals surface area contributed by atoms with Crippen molar-refractivity contribution in [3.63, 3.8) is 0 Å². The molecule has 0 aliphatic heterocycles. The van der Waals surface area contributed by atoms with Gasteiger partial charge in [0.2, 0.25) is 0 Å². The van der Waals surface area contributed by atoms with Gasteiger partial charge in [0.1, 0.15) is 4.90 Å². The van der Waals surface area contributed by atoms with Gasteiger partial charge in [0.15, 0.2) is 5.75 Å². The average molecular weight is 378 g/mol. The van der Waals surface area contributed by atoms with E-state index >= 15 is 0 Å². The van der Waals surface area contributed by atoms with Gasteiger partial charge in [-0.25, -0.2) is 0 Å². The van der Waals surface area contributed by atoms with Crippen LogP contribution in [0.15, 0.2) is 83.8 Å². The van der Waals surface area contributed by atoms with E-state index in [4.69, 9.17) is 4.18 Å². The van der Waals surface area contributed by atoms with Gasteiger partial charge in [0, 0.05) is 5.56 Å². The Bertz CT molecular complexity index is 1010. The molecule has 0 fully saturated rings. The van der Waals surface area contributed by atoms with Gasteiger partial charge in [-0.2, -0.15) is 21.6 Å². The van der Waals surface area contributed by atoms with E-state index in [2.05, 4.69) is 0 Å². The maximum atomic E-state index is 13.1. The van der Waals surface area contributed by atoms with Crippen LogP contribution in [0.2, 0.25) is 0 Å². The van der Waals surface area contributed by atoms with Gasteiger partial charge in [-0.15, -0.1) is 0 Å². The third-order valence-corrected chi connectivity index (χ3v) is 4.93. The van der Waals surface area contributed by atoms with Crippen molar-refractivity contribution in [1.82, 2.24) is 0 Å². The molecule has 26 heavy (non-hydrogen) atoms. The Balaban J connectivity index is 2.06. The summed E-state index contributed by atoms with van der Waals surface area (Å²) >= 11 is 0. The Hall–Kier alpha value is -2.80. The van der Waals surface area contributed by atoms with Crippen LogP contribution in [0.25, 0.3) is 11.1 Å². The summed E-state index contributed by atoms with van der Waals surface area (Å²) in [6.45, 7) is 0. The second-order valence-electron chi connectivity index (χ2n) is 5.39. The Morgan fingerprint density at radius 2 is 1.31 bits per heavy atom. The van der Waals surface area contributed by atoms with Crippen molar-refractivity contribution in [1.29, 1.82) is 0 Å². The van der Waals surface area contributed by atoms with Crippen LogP contribution < -0.4 is 4.18 Å². The lowest BCUT2D eigenvalue weighted by Crippen LogP contribution is -2.17. The van der Waals surface area contributed by atoms with E-state index in [1.807, 2.05) is 0 Å². The van der Waals surface area contributed by atoms with E-state index in [-0.39, 0.29) is 5.75 Å². The molecule has 0 N–H and O–H groups in total. The molecule has 0 bridgehead atoms. The molecule has 7 heteroatoms. The van der Waals surface area contributed by atoms with Crippen LogP contribution in [-0.2, 0) is 16.3 Å². The lowest BCUT2D eigenvalue weighted by Gasteiger charge is -2.15. The van der Waals surface area contributed by atoms with Crippen molar-refractivity contribution < 1.29 is 25.8 Å². The van der Waals surface area contributed by atoms with Gasteiger partial charge < -0.3 is 4.18 Å². The van der Waals surface area contributed by atoms with Crippen molar-refractivity contribution in [2.75, 3.05) is 0 Å². The molecule has 0 amide bonds. The molecule has 0 spiro atoms. The maximum absolute atomic E-state index is 13.1. The van der Waals surface area contributed by atoms with Crippen LogP contribution >= 0.6 is 0 Å². The molecule has 3 rings (SSSR count). The van der Waals surface area contributed by atoms with Crippen molar-refractivity contribution in [2.24, 2.45) is 0 Å². The molecular weight excluding hydrogens is 365 g/mol. The van der Waals surface area contributed by atoms with Crippen molar-refractivity contribution in [3.8, 4) is 16.9 Å². The van der Waals surface area contributed by atoms with Gasteiger partial charge in [-0.3, -0.25) is 0 Å². The standard InChI is InChI=1S/C19H13F3O3S/c20-19(21,22)16-11-5-7-13-18(16)26(23,24)25-17-12-6-4-10-15(17)14-8-2-1-3-9-14/h1-13H. The molecule has 0 unspecified atom stereocenters. The highest BCUT2D eigenvalue weighted by Gasteiger charge is 2.37. The molecular formula is C19H13F3O3S. The number of alkyl halides is 3. The fraction of sp³-hybridized carbons (Fsp3) is 0.0526. The average Bonchev–Trinajstić information content (AvgIpc) is 2.62. The molecule has 0 heterocycles. The molecule has 3 nitrogen and oxygen atoms in total. The predicted octanol–water partition coefficient (Wildman–Crippen LogP) is 5.14. The van der Waals surface area contributed by atoms with E-state index in [0.717, 1.165) is 12.1 Å². The van der Waals surface area contributed by atoms with Crippen molar-refractivity contribution >= 4 is 10.1 Å². The fourth-order valence-corrected chi connectivity index (χ4v) is 3.65.